The van der Waals surface area contributed by atoms with E-state index in [9.17, 15) is 8.42 Å². The van der Waals surface area contributed by atoms with Gasteiger partial charge in [-0.3, -0.25) is 4.31 Å². The van der Waals surface area contributed by atoms with Crippen molar-refractivity contribution in [3.05, 3.63) is 52.5 Å². The predicted octanol–water partition coefficient (Wildman–Crippen LogP) is 3.42. The van der Waals surface area contributed by atoms with Gasteiger partial charge in [0, 0.05) is 17.2 Å². The van der Waals surface area contributed by atoms with Gasteiger partial charge >= 0.3 is 0 Å². The van der Waals surface area contributed by atoms with Gasteiger partial charge in [0.25, 0.3) is 10.0 Å². The summed E-state index contributed by atoms with van der Waals surface area (Å²) >= 11 is 3.25. The third kappa shape index (κ3) is 3.22. The highest BCUT2D eigenvalue weighted by Crippen LogP contribution is 2.27. The Balaban J connectivity index is 2.39. The molecule has 2 aromatic carbocycles. The zero-order valence-electron chi connectivity index (χ0n) is 11.9. The van der Waals surface area contributed by atoms with Crippen molar-refractivity contribution in [1.82, 2.24) is 0 Å². The lowest BCUT2D eigenvalue weighted by atomic mass is 10.1. The van der Waals surface area contributed by atoms with Crippen LogP contribution in [-0.2, 0) is 16.4 Å². The molecule has 2 N–H and O–H groups in total. The predicted molar refractivity (Wildman–Crippen MR) is 90.0 cm³/mol. The van der Waals surface area contributed by atoms with E-state index < -0.39 is 10.0 Å². The van der Waals surface area contributed by atoms with Gasteiger partial charge in [-0.1, -0.05) is 19.1 Å². The number of benzene rings is 2. The van der Waals surface area contributed by atoms with E-state index in [4.69, 9.17) is 5.73 Å². The lowest BCUT2D eigenvalue weighted by molar-refractivity contribution is 0.594. The minimum Gasteiger partial charge on any atom is -0.398 e. The lowest BCUT2D eigenvalue weighted by Gasteiger charge is -2.20. The summed E-state index contributed by atoms with van der Waals surface area (Å²) in [6.07, 6.45) is 0.918. The Bertz CT molecular complexity index is 743. The zero-order valence-corrected chi connectivity index (χ0v) is 14.3. The van der Waals surface area contributed by atoms with Crippen molar-refractivity contribution in [1.29, 1.82) is 0 Å². The maximum absolute atomic E-state index is 12.6. The van der Waals surface area contributed by atoms with Crippen LogP contribution in [-0.4, -0.2) is 15.5 Å². The zero-order chi connectivity index (χ0) is 15.6. The van der Waals surface area contributed by atoms with Crippen LogP contribution in [0.1, 0.15) is 12.5 Å². The Hall–Kier alpha value is -1.53. The Labute approximate surface area is 133 Å². The lowest BCUT2D eigenvalue weighted by Crippen LogP contribution is -2.26. The summed E-state index contributed by atoms with van der Waals surface area (Å²) < 4.78 is 27.1. The molecule has 0 aliphatic rings. The van der Waals surface area contributed by atoms with E-state index >= 15 is 0 Å². The second-order valence-electron chi connectivity index (χ2n) is 4.68. The summed E-state index contributed by atoms with van der Waals surface area (Å²) in [4.78, 5) is 0.200. The number of aryl methyl sites for hydroxylation is 1. The fourth-order valence-electron chi connectivity index (χ4n) is 1.91. The third-order valence-corrected chi connectivity index (χ3v) is 5.81. The van der Waals surface area contributed by atoms with Crippen molar-refractivity contribution in [3.63, 3.8) is 0 Å². The minimum atomic E-state index is -3.60. The fourth-order valence-corrected chi connectivity index (χ4v) is 3.66. The van der Waals surface area contributed by atoms with E-state index in [-0.39, 0.29) is 4.90 Å². The number of hydrogen-bond donors (Lipinski definition) is 1. The van der Waals surface area contributed by atoms with E-state index in [1.165, 1.54) is 22.0 Å². The molecule has 6 heteroatoms. The smallest absolute Gasteiger partial charge is 0.264 e. The van der Waals surface area contributed by atoms with Crippen LogP contribution in [0.4, 0.5) is 11.4 Å². The number of rotatable bonds is 4. The van der Waals surface area contributed by atoms with Crippen molar-refractivity contribution >= 4 is 37.3 Å². The molecule has 112 valence electrons. The Morgan fingerprint density at radius 2 is 1.76 bits per heavy atom. The number of hydrogen-bond acceptors (Lipinski definition) is 3. The quantitative estimate of drug-likeness (QED) is 0.840. The topological polar surface area (TPSA) is 63.4 Å². The molecule has 0 aliphatic heterocycles. The second-order valence-corrected chi connectivity index (χ2v) is 7.50. The van der Waals surface area contributed by atoms with Crippen LogP contribution in [0.3, 0.4) is 0 Å². The first-order valence-corrected chi connectivity index (χ1v) is 8.72. The number of nitrogen functional groups attached to an aromatic ring is 1. The van der Waals surface area contributed by atoms with Crippen molar-refractivity contribution in [2.24, 2.45) is 0 Å². The van der Waals surface area contributed by atoms with Gasteiger partial charge in [0.1, 0.15) is 0 Å². The van der Waals surface area contributed by atoms with Crippen LogP contribution in [0, 0.1) is 0 Å². The van der Waals surface area contributed by atoms with Crippen LogP contribution < -0.4 is 10.0 Å². The molecule has 0 saturated heterocycles. The van der Waals surface area contributed by atoms with Crippen LogP contribution in [0.5, 0.6) is 0 Å². The standard InChI is InChI=1S/C15H17BrN2O2S/c1-3-11-4-6-12(7-5-11)18(2)21(19,20)13-8-9-15(17)14(16)10-13/h4-10H,3,17H2,1-2H3. The Kier molecular flexibility index (Phi) is 4.58. The average molecular weight is 369 g/mol. The average Bonchev–Trinajstić information content (AvgIpc) is 2.49. The molecule has 0 amide bonds. The number of nitrogens with zero attached hydrogens (tertiary/aromatic N) is 1. The summed E-state index contributed by atoms with van der Waals surface area (Å²) in [7, 11) is -2.06. The molecular formula is C15H17BrN2O2S. The number of halogens is 1. The van der Waals surface area contributed by atoms with Gasteiger partial charge in [0.05, 0.1) is 10.6 Å². The normalized spacial score (nSPS) is 11.4. The molecule has 4 nitrogen and oxygen atoms in total. The molecule has 0 fully saturated rings. The van der Waals surface area contributed by atoms with Gasteiger partial charge in [-0.2, -0.15) is 0 Å². The van der Waals surface area contributed by atoms with Crippen LogP contribution >= 0.6 is 15.9 Å². The number of nitrogens with two attached hydrogens (primary N) is 1. The van der Waals surface area contributed by atoms with Crippen LogP contribution in [0.15, 0.2) is 51.8 Å². The molecule has 0 atom stereocenters. The molecule has 0 heterocycles. The minimum absolute atomic E-state index is 0.200. The van der Waals surface area contributed by atoms with Crippen LogP contribution in [0.2, 0.25) is 0 Å². The van der Waals surface area contributed by atoms with Gasteiger partial charge in [0.2, 0.25) is 0 Å². The largest absolute Gasteiger partial charge is 0.398 e. The summed E-state index contributed by atoms with van der Waals surface area (Å²) in [5.41, 5.74) is 7.99. The Morgan fingerprint density at radius 3 is 2.29 bits per heavy atom. The molecule has 0 unspecified atom stereocenters. The van der Waals surface area contributed by atoms with Gasteiger partial charge < -0.3 is 5.73 Å². The van der Waals surface area contributed by atoms with E-state index in [1.807, 2.05) is 24.3 Å². The first kappa shape index (κ1) is 15.9. The molecule has 21 heavy (non-hydrogen) atoms. The summed E-state index contributed by atoms with van der Waals surface area (Å²) in [6, 6.07) is 12.1. The van der Waals surface area contributed by atoms with E-state index in [0.717, 1.165) is 6.42 Å². The number of sulfonamides is 1. The van der Waals surface area contributed by atoms with Crippen LogP contribution in [0.25, 0.3) is 0 Å². The highest BCUT2D eigenvalue weighted by molar-refractivity contribution is 9.10. The number of anilines is 2. The molecule has 0 spiro atoms. The summed E-state index contributed by atoms with van der Waals surface area (Å²) in [5, 5.41) is 0. The maximum Gasteiger partial charge on any atom is 0.264 e. The van der Waals surface area contributed by atoms with E-state index in [1.54, 1.807) is 13.1 Å². The molecule has 0 aliphatic carbocycles. The van der Waals surface area contributed by atoms with Crippen molar-refractivity contribution < 1.29 is 8.42 Å². The monoisotopic (exact) mass is 368 g/mol. The Morgan fingerprint density at radius 1 is 1.14 bits per heavy atom. The van der Waals surface area contributed by atoms with Gasteiger partial charge in [0.15, 0.2) is 0 Å². The first-order chi connectivity index (χ1) is 9.86. The molecule has 0 bridgehead atoms. The van der Waals surface area contributed by atoms with E-state index in [2.05, 4.69) is 22.9 Å². The SMILES string of the molecule is CCc1ccc(N(C)S(=O)(=O)c2ccc(N)c(Br)c2)cc1. The second kappa shape index (κ2) is 6.07. The molecule has 2 rings (SSSR count). The van der Waals surface area contributed by atoms with Gasteiger partial charge in [-0.15, -0.1) is 0 Å². The highest BCUT2D eigenvalue weighted by atomic mass is 79.9. The van der Waals surface area contributed by atoms with Gasteiger partial charge in [-0.05, 0) is 58.2 Å². The molecular weight excluding hydrogens is 352 g/mol. The van der Waals surface area contributed by atoms with Crippen molar-refractivity contribution in [3.8, 4) is 0 Å². The maximum atomic E-state index is 12.6. The summed E-state index contributed by atoms with van der Waals surface area (Å²) in [5.74, 6) is 0. The first-order valence-electron chi connectivity index (χ1n) is 6.49. The van der Waals surface area contributed by atoms with Gasteiger partial charge in [-0.25, -0.2) is 8.42 Å². The summed E-state index contributed by atoms with van der Waals surface area (Å²) in [6.45, 7) is 2.06. The molecule has 2 aromatic rings. The van der Waals surface area contributed by atoms with Crippen molar-refractivity contribution in [2.75, 3.05) is 17.1 Å². The molecule has 0 saturated carbocycles. The molecule has 0 radical (unpaired) electrons. The van der Waals surface area contributed by atoms with E-state index in [0.29, 0.717) is 15.8 Å². The highest BCUT2D eigenvalue weighted by Gasteiger charge is 2.21. The molecule has 0 aromatic heterocycles. The van der Waals surface area contributed by atoms with Crippen molar-refractivity contribution in [2.45, 2.75) is 18.2 Å². The third-order valence-electron chi connectivity index (χ3n) is 3.34. The fraction of sp³-hybridized carbons (Fsp3) is 0.200.